The molecule has 130 valence electrons. The maximum atomic E-state index is 12.9. The molecule has 0 bridgehead atoms. The Balaban J connectivity index is 1.50. The fraction of sp³-hybridized carbons (Fsp3) is 0.350. The predicted molar refractivity (Wildman–Crippen MR) is 95.8 cm³/mol. The fourth-order valence-corrected chi connectivity index (χ4v) is 5.46. The normalized spacial score (nSPS) is 26.0. The summed E-state index contributed by atoms with van der Waals surface area (Å²) >= 11 is 0. The van der Waals surface area contributed by atoms with Crippen LogP contribution >= 0.6 is 0 Å². The van der Waals surface area contributed by atoms with Crippen LogP contribution in [0.5, 0.6) is 0 Å². The molecule has 0 aromatic heterocycles. The van der Waals surface area contributed by atoms with Crippen molar-refractivity contribution in [3.05, 3.63) is 65.7 Å². The molecule has 25 heavy (non-hydrogen) atoms. The number of fused-ring (bicyclic) bond motifs is 1. The molecule has 1 aliphatic heterocycles. The first-order valence-corrected chi connectivity index (χ1v) is 10.1. The number of hydrogen-bond donors (Lipinski definition) is 0. The largest absolute Gasteiger partial charge is 0.294 e. The molecule has 5 heteroatoms. The zero-order valence-corrected chi connectivity index (χ0v) is 14.9. The number of aryl methyl sites for hydroxylation is 1. The van der Waals surface area contributed by atoms with E-state index >= 15 is 0 Å². The van der Waals surface area contributed by atoms with Crippen molar-refractivity contribution >= 4 is 15.8 Å². The van der Waals surface area contributed by atoms with Crippen molar-refractivity contribution in [1.82, 2.24) is 4.31 Å². The highest BCUT2D eigenvalue weighted by molar-refractivity contribution is 7.89. The molecular formula is C20H21NO3S. The van der Waals surface area contributed by atoms with Gasteiger partial charge < -0.3 is 0 Å². The summed E-state index contributed by atoms with van der Waals surface area (Å²) in [4.78, 5) is 13.0. The van der Waals surface area contributed by atoms with E-state index in [0.717, 1.165) is 17.5 Å². The average Bonchev–Trinajstić information content (AvgIpc) is 3.35. The Morgan fingerprint density at radius 3 is 2.36 bits per heavy atom. The summed E-state index contributed by atoms with van der Waals surface area (Å²) in [6, 6.07) is 16.3. The highest BCUT2D eigenvalue weighted by atomic mass is 32.2. The van der Waals surface area contributed by atoms with Gasteiger partial charge in [0.2, 0.25) is 10.0 Å². The van der Waals surface area contributed by atoms with Crippen molar-refractivity contribution in [3.8, 4) is 0 Å². The maximum absolute atomic E-state index is 12.9. The van der Waals surface area contributed by atoms with Gasteiger partial charge in [-0.3, -0.25) is 4.79 Å². The molecule has 2 aromatic rings. The van der Waals surface area contributed by atoms with E-state index in [1.54, 1.807) is 16.4 Å². The van der Waals surface area contributed by atoms with Crippen LogP contribution < -0.4 is 0 Å². The zero-order valence-electron chi connectivity index (χ0n) is 14.1. The number of piperidine rings is 1. The second-order valence-electron chi connectivity index (χ2n) is 7.05. The van der Waals surface area contributed by atoms with E-state index in [-0.39, 0.29) is 17.6 Å². The van der Waals surface area contributed by atoms with Gasteiger partial charge in [0.25, 0.3) is 0 Å². The fourth-order valence-electron chi connectivity index (χ4n) is 3.97. The minimum Gasteiger partial charge on any atom is -0.294 e. The first-order chi connectivity index (χ1) is 12.0. The van der Waals surface area contributed by atoms with Crippen molar-refractivity contribution < 1.29 is 13.2 Å². The molecule has 4 rings (SSSR count). The lowest BCUT2D eigenvalue weighted by molar-refractivity contribution is 0.0956. The Hall–Kier alpha value is -1.98. The van der Waals surface area contributed by atoms with Crippen LogP contribution in [0.2, 0.25) is 0 Å². The van der Waals surface area contributed by atoms with E-state index in [2.05, 4.69) is 0 Å². The summed E-state index contributed by atoms with van der Waals surface area (Å²) in [5, 5.41) is 0. The van der Waals surface area contributed by atoms with Crippen LogP contribution in [-0.4, -0.2) is 31.6 Å². The second kappa shape index (κ2) is 6.07. The molecule has 1 aliphatic carbocycles. The molecule has 1 saturated carbocycles. The van der Waals surface area contributed by atoms with Gasteiger partial charge in [-0.05, 0) is 37.3 Å². The Kier molecular flexibility index (Phi) is 4.01. The van der Waals surface area contributed by atoms with Crippen molar-refractivity contribution in [1.29, 1.82) is 0 Å². The first-order valence-electron chi connectivity index (χ1n) is 8.64. The zero-order chi connectivity index (χ0) is 17.6. The molecule has 4 nitrogen and oxygen atoms in total. The van der Waals surface area contributed by atoms with E-state index < -0.39 is 10.0 Å². The Bertz CT molecular complexity index is 890. The predicted octanol–water partition coefficient (Wildman–Crippen LogP) is 3.13. The molecule has 1 saturated heterocycles. The van der Waals surface area contributed by atoms with Gasteiger partial charge in [0.15, 0.2) is 5.78 Å². The summed E-state index contributed by atoms with van der Waals surface area (Å²) in [5.41, 5.74) is 1.77. The third-order valence-corrected chi connectivity index (χ3v) is 7.36. The van der Waals surface area contributed by atoms with Crippen LogP contribution in [0.4, 0.5) is 0 Å². The van der Waals surface area contributed by atoms with Crippen molar-refractivity contribution in [2.75, 3.05) is 13.1 Å². The quantitative estimate of drug-likeness (QED) is 0.792. The lowest BCUT2D eigenvalue weighted by Gasteiger charge is -2.25. The van der Waals surface area contributed by atoms with Crippen LogP contribution in [0.15, 0.2) is 59.5 Å². The van der Waals surface area contributed by atoms with Gasteiger partial charge in [-0.15, -0.1) is 0 Å². The van der Waals surface area contributed by atoms with Crippen LogP contribution in [0.25, 0.3) is 0 Å². The summed E-state index contributed by atoms with van der Waals surface area (Å²) in [6.45, 7) is 2.88. The van der Waals surface area contributed by atoms with E-state index in [0.29, 0.717) is 23.9 Å². The highest BCUT2D eigenvalue weighted by Gasteiger charge is 2.57. The number of sulfonamides is 1. The number of benzene rings is 2. The van der Waals surface area contributed by atoms with E-state index in [9.17, 15) is 13.2 Å². The lowest BCUT2D eigenvalue weighted by Crippen LogP contribution is -2.36. The van der Waals surface area contributed by atoms with Gasteiger partial charge in [0, 0.05) is 24.6 Å². The summed E-state index contributed by atoms with van der Waals surface area (Å²) < 4.78 is 27.3. The number of carbonyl (C=O) groups excluding carboxylic acids is 1. The Morgan fingerprint density at radius 1 is 1.00 bits per heavy atom. The number of nitrogens with zero attached hydrogens (tertiary/aromatic N) is 1. The molecule has 0 radical (unpaired) electrons. The van der Waals surface area contributed by atoms with Gasteiger partial charge in [-0.25, -0.2) is 8.42 Å². The van der Waals surface area contributed by atoms with Gasteiger partial charge in [-0.1, -0.05) is 48.0 Å². The van der Waals surface area contributed by atoms with E-state index in [1.165, 1.54) is 0 Å². The third-order valence-electron chi connectivity index (χ3n) is 5.48. The van der Waals surface area contributed by atoms with Gasteiger partial charge in [-0.2, -0.15) is 4.31 Å². The van der Waals surface area contributed by atoms with Crippen LogP contribution in [0.3, 0.4) is 0 Å². The molecule has 1 heterocycles. The number of Topliss-reactive ketones (excluding diaryl/α,β-unsaturated/α-hetero) is 1. The minimum atomic E-state index is -3.48. The lowest BCUT2D eigenvalue weighted by atomic mass is 10.1. The van der Waals surface area contributed by atoms with Gasteiger partial charge in [0.1, 0.15) is 0 Å². The number of ketones is 1. The molecule has 0 spiro atoms. The first kappa shape index (κ1) is 16.5. The SMILES string of the molecule is Cc1ccc(S(=O)(=O)N2CC[C@@H]3[C@H](C2)[C@H]3C(=O)c2ccccc2)cc1. The summed E-state index contributed by atoms with van der Waals surface area (Å²) in [5.74, 6) is 0.615. The smallest absolute Gasteiger partial charge is 0.243 e. The van der Waals surface area contributed by atoms with E-state index in [1.807, 2.05) is 49.4 Å². The Morgan fingerprint density at radius 2 is 1.68 bits per heavy atom. The maximum Gasteiger partial charge on any atom is 0.243 e. The van der Waals surface area contributed by atoms with Crippen molar-refractivity contribution in [2.45, 2.75) is 18.2 Å². The number of hydrogen-bond acceptors (Lipinski definition) is 3. The molecule has 2 aliphatic rings. The molecular weight excluding hydrogens is 334 g/mol. The molecule has 0 unspecified atom stereocenters. The Labute approximate surface area is 148 Å². The number of carbonyl (C=O) groups is 1. The van der Waals surface area contributed by atoms with Crippen LogP contribution in [0, 0.1) is 24.7 Å². The summed E-state index contributed by atoms with van der Waals surface area (Å²) in [6.07, 6.45) is 0.763. The standard InChI is InChI=1S/C20H21NO3S/c1-14-7-9-16(10-8-14)25(23,24)21-12-11-17-18(13-21)19(17)20(22)15-5-3-2-4-6-15/h2-10,17-19H,11-13H2,1H3/t17-,18+,19+/m1/s1. The van der Waals surface area contributed by atoms with Crippen LogP contribution in [0.1, 0.15) is 22.3 Å². The number of rotatable bonds is 4. The summed E-state index contributed by atoms with van der Waals surface area (Å²) in [7, 11) is -3.48. The minimum absolute atomic E-state index is 0.0272. The average molecular weight is 355 g/mol. The second-order valence-corrected chi connectivity index (χ2v) is 8.99. The molecule has 0 N–H and O–H groups in total. The van der Waals surface area contributed by atoms with E-state index in [4.69, 9.17) is 0 Å². The van der Waals surface area contributed by atoms with Gasteiger partial charge >= 0.3 is 0 Å². The van der Waals surface area contributed by atoms with Crippen LogP contribution in [-0.2, 0) is 10.0 Å². The van der Waals surface area contributed by atoms with Gasteiger partial charge in [0.05, 0.1) is 4.90 Å². The highest BCUT2D eigenvalue weighted by Crippen LogP contribution is 2.53. The molecule has 2 aromatic carbocycles. The van der Waals surface area contributed by atoms with Crippen molar-refractivity contribution in [3.63, 3.8) is 0 Å². The molecule has 3 atom stereocenters. The molecule has 2 fully saturated rings. The third kappa shape index (κ3) is 2.92. The molecule has 0 amide bonds. The van der Waals surface area contributed by atoms with Crippen molar-refractivity contribution in [2.24, 2.45) is 17.8 Å². The topological polar surface area (TPSA) is 54.5 Å². The monoisotopic (exact) mass is 355 g/mol.